The highest BCUT2D eigenvalue weighted by Crippen LogP contribution is 2.12. The maximum Gasteiger partial charge on any atom is 0.327 e. The second-order valence-electron chi connectivity index (χ2n) is 7.78. The van der Waals surface area contributed by atoms with Crippen molar-refractivity contribution in [3.63, 3.8) is 0 Å². The molecule has 4 amide bonds. The van der Waals surface area contributed by atoms with E-state index < -0.39 is 72.6 Å². The van der Waals surface area contributed by atoms with Gasteiger partial charge in [0, 0.05) is 18.6 Å². The Kier molecular flexibility index (Phi) is 12.2. The van der Waals surface area contributed by atoms with Gasteiger partial charge in [-0.25, -0.2) is 4.79 Å². The topological polar surface area (TPSA) is 251 Å². The summed E-state index contributed by atoms with van der Waals surface area (Å²) in [7, 11) is 0. The smallest absolute Gasteiger partial charge is 0.327 e. The number of rotatable bonds is 15. The Balaban J connectivity index is 3.14. The van der Waals surface area contributed by atoms with Crippen molar-refractivity contribution >= 4 is 48.2 Å². The third kappa shape index (κ3) is 10.6. The molecule has 0 heterocycles. The first-order chi connectivity index (χ1) is 16.8. The number of amides is 4. The second kappa shape index (κ2) is 14.5. The summed E-state index contributed by atoms with van der Waals surface area (Å²) in [5.41, 5.74) is 11.2. The van der Waals surface area contributed by atoms with E-state index in [0.717, 1.165) is 0 Å². The average molecular weight is 528 g/mol. The maximum atomic E-state index is 13.1. The van der Waals surface area contributed by atoms with Crippen molar-refractivity contribution in [2.75, 3.05) is 5.75 Å². The molecular weight excluding hydrogens is 498 g/mol. The predicted molar refractivity (Wildman–Crippen MR) is 128 cm³/mol. The summed E-state index contributed by atoms with van der Waals surface area (Å²) in [6.45, 7) is 0. The van der Waals surface area contributed by atoms with Crippen LogP contribution in [0.25, 0.3) is 0 Å². The van der Waals surface area contributed by atoms with E-state index in [9.17, 15) is 33.9 Å². The first-order valence-electron chi connectivity index (χ1n) is 10.6. The fraction of sp³-hybridized carbons (Fsp3) is 0.429. The van der Waals surface area contributed by atoms with Crippen molar-refractivity contribution in [1.82, 2.24) is 16.0 Å². The van der Waals surface area contributed by atoms with Gasteiger partial charge in [-0.2, -0.15) is 12.6 Å². The molecule has 0 spiro atoms. The first kappa shape index (κ1) is 30.2. The van der Waals surface area contributed by atoms with Crippen LogP contribution in [0, 0.1) is 0 Å². The molecular formula is C21H29N5O9S. The fourth-order valence-corrected chi connectivity index (χ4v) is 3.18. The number of phenols is 1. The molecule has 0 aliphatic rings. The van der Waals surface area contributed by atoms with E-state index in [1.807, 2.05) is 0 Å². The monoisotopic (exact) mass is 527 g/mol. The zero-order valence-corrected chi connectivity index (χ0v) is 19.9. The molecule has 10 N–H and O–H groups in total. The molecule has 198 valence electrons. The summed E-state index contributed by atoms with van der Waals surface area (Å²) in [4.78, 5) is 71.5. The van der Waals surface area contributed by atoms with Crippen LogP contribution in [-0.4, -0.2) is 80.8 Å². The van der Waals surface area contributed by atoms with Gasteiger partial charge >= 0.3 is 11.9 Å². The highest BCUT2D eigenvalue weighted by atomic mass is 32.1. The molecule has 0 saturated heterocycles. The average Bonchev–Trinajstić information content (AvgIpc) is 2.79. The number of nitrogens with two attached hydrogens (primary N) is 2. The van der Waals surface area contributed by atoms with Gasteiger partial charge in [0.25, 0.3) is 0 Å². The molecule has 0 bridgehead atoms. The number of carboxylic acid groups (broad SMARTS) is 2. The van der Waals surface area contributed by atoms with Crippen molar-refractivity contribution in [2.24, 2.45) is 11.5 Å². The van der Waals surface area contributed by atoms with Crippen LogP contribution >= 0.6 is 12.6 Å². The number of aliphatic carboxylic acids is 2. The number of carbonyl (C=O) groups excluding carboxylic acids is 4. The number of nitrogens with one attached hydrogen (secondary N) is 3. The number of aromatic hydroxyl groups is 1. The van der Waals surface area contributed by atoms with E-state index in [4.69, 9.17) is 21.7 Å². The molecule has 0 fully saturated rings. The lowest BCUT2D eigenvalue weighted by atomic mass is 10.0. The molecule has 4 unspecified atom stereocenters. The summed E-state index contributed by atoms with van der Waals surface area (Å²) in [6, 6.07) is 0.0675. The van der Waals surface area contributed by atoms with Crippen molar-refractivity contribution in [3.8, 4) is 5.75 Å². The molecule has 4 atom stereocenters. The van der Waals surface area contributed by atoms with Crippen LogP contribution < -0.4 is 27.4 Å². The maximum absolute atomic E-state index is 13.1. The van der Waals surface area contributed by atoms with E-state index in [2.05, 4.69) is 28.6 Å². The normalized spacial score (nSPS) is 13.9. The number of hydrogen-bond acceptors (Lipinski definition) is 9. The quantitative estimate of drug-likeness (QED) is 0.108. The van der Waals surface area contributed by atoms with Crippen molar-refractivity contribution in [3.05, 3.63) is 29.8 Å². The van der Waals surface area contributed by atoms with Gasteiger partial charge in [0.15, 0.2) is 0 Å². The summed E-state index contributed by atoms with van der Waals surface area (Å²) < 4.78 is 0. The van der Waals surface area contributed by atoms with Crippen LogP contribution in [0.5, 0.6) is 5.75 Å². The number of thiol groups is 1. The second-order valence-corrected chi connectivity index (χ2v) is 8.15. The van der Waals surface area contributed by atoms with Gasteiger partial charge in [-0.1, -0.05) is 12.1 Å². The van der Waals surface area contributed by atoms with E-state index in [1.165, 1.54) is 24.3 Å². The van der Waals surface area contributed by atoms with Gasteiger partial charge in [-0.3, -0.25) is 24.0 Å². The summed E-state index contributed by atoms with van der Waals surface area (Å²) in [5.74, 6) is -6.58. The minimum absolute atomic E-state index is 0.0464. The van der Waals surface area contributed by atoms with Gasteiger partial charge in [0.2, 0.25) is 23.6 Å². The Labute approximate surface area is 211 Å². The van der Waals surface area contributed by atoms with Crippen LogP contribution in [0.3, 0.4) is 0 Å². The minimum atomic E-state index is -1.46. The van der Waals surface area contributed by atoms with Crippen molar-refractivity contribution in [1.29, 1.82) is 0 Å². The highest BCUT2D eigenvalue weighted by molar-refractivity contribution is 7.80. The molecule has 1 rings (SSSR count). The third-order valence-corrected chi connectivity index (χ3v) is 5.21. The number of hydrogen-bond donors (Lipinski definition) is 9. The van der Waals surface area contributed by atoms with Crippen LogP contribution in [0.4, 0.5) is 0 Å². The standard InChI is InChI=1S/C21H29N5O9S/c22-12(8-16(23)28)18(31)25-14(7-10-1-3-11(27)4-2-10)20(33)24-13(5-6-17(29)30)19(32)26-15(9-36)21(34)35/h1-4,12-15,27,36H,5-9,22H2,(H2,23,28)(H,24,33)(H,25,31)(H,26,32)(H,29,30)(H,34,35). The molecule has 0 aliphatic carbocycles. The molecule has 1 aromatic rings. The van der Waals surface area contributed by atoms with E-state index in [1.54, 1.807) is 0 Å². The molecule has 0 aliphatic heterocycles. The molecule has 0 saturated carbocycles. The van der Waals surface area contributed by atoms with E-state index >= 15 is 0 Å². The SMILES string of the molecule is NC(=O)CC(N)C(=O)NC(Cc1ccc(O)cc1)C(=O)NC(CCC(=O)O)C(=O)NC(CS)C(=O)O. The Hall–Kier alpha value is -3.85. The van der Waals surface area contributed by atoms with E-state index in [-0.39, 0.29) is 24.3 Å². The summed E-state index contributed by atoms with van der Waals surface area (Å²) in [6.07, 6.45) is -1.55. The Morgan fingerprint density at radius 2 is 1.39 bits per heavy atom. The van der Waals surface area contributed by atoms with Gasteiger partial charge < -0.3 is 42.7 Å². The minimum Gasteiger partial charge on any atom is -0.508 e. The van der Waals surface area contributed by atoms with Crippen LogP contribution in [0.15, 0.2) is 24.3 Å². The van der Waals surface area contributed by atoms with Gasteiger partial charge in [0.1, 0.15) is 23.9 Å². The van der Waals surface area contributed by atoms with E-state index in [0.29, 0.717) is 5.56 Å². The lowest BCUT2D eigenvalue weighted by molar-refractivity contribution is -0.142. The largest absolute Gasteiger partial charge is 0.508 e. The van der Waals surface area contributed by atoms with Crippen LogP contribution in [0.2, 0.25) is 0 Å². The lowest BCUT2D eigenvalue weighted by Gasteiger charge is -2.25. The van der Waals surface area contributed by atoms with Crippen molar-refractivity contribution < 1.29 is 44.1 Å². The van der Waals surface area contributed by atoms with Gasteiger partial charge in [0.05, 0.1) is 12.5 Å². The molecule has 14 nitrogen and oxygen atoms in total. The Bertz CT molecular complexity index is 973. The fourth-order valence-electron chi connectivity index (χ4n) is 2.93. The molecule has 0 radical (unpaired) electrons. The summed E-state index contributed by atoms with van der Waals surface area (Å²) in [5, 5.41) is 34.4. The zero-order chi connectivity index (χ0) is 27.4. The Morgan fingerprint density at radius 1 is 0.861 bits per heavy atom. The molecule has 36 heavy (non-hydrogen) atoms. The first-order valence-corrected chi connectivity index (χ1v) is 11.3. The number of carbonyl (C=O) groups is 6. The molecule has 15 heteroatoms. The summed E-state index contributed by atoms with van der Waals surface area (Å²) >= 11 is 3.84. The van der Waals surface area contributed by atoms with Gasteiger partial charge in [-0.05, 0) is 24.1 Å². The zero-order valence-electron chi connectivity index (χ0n) is 19.0. The highest BCUT2D eigenvalue weighted by Gasteiger charge is 2.30. The number of benzene rings is 1. The van der Waals surface area contributed by atoms with Crippen LogP contribution in [-0.2, 0) is 35.2 Å². The lowest BCUT2D eigenvalue weighted by Crippen LogP contribution is -2.58. The predicted octanol–water partition coefficient (Wildman–Crippen LogP) is -2.53. The molecule has 1 aromatic carbocycles. The Morgan fingerprint density at radius 3 is 1.89 bits per heavy atom. The van der Waals surface area contributed by atoms with Crippen LogP contribution in [0.1, 0.15) is 24.8 Å². The number of primary amides is 1. The van der Waals surface area contributed by atoms with Gasteiger partial charge in [-0.15, -0.1) is 0 Å². The third-order valence-electron chi connectivity index (χ3n) is 4.84. The number of carboxylic acids is 2. The van der Waals surface area contributed by atoms with Crippen molar-refractivity contribution in [2.45, 2.75) is 49.9 Å². The number of phenolic OH excluding ortho intramolecular Hbond substituents is 1. The molecule has 0 aromatic heterocycles.